The molecule has 166 valence electrons. The molecule has 3 aromatic rings. The third kappa shape index (κ3) is 3.97. The molecular weight excluding hydrogens is 432 g/mol. The van der Waals surface area contributed by atoms with Crippen molar-refractivity contribution in [2.24, 2.45) is 13.0 Å². The number of nitrogen functional groups attached to an aromatic ring is 1. The summed E-state index contributed by atoms with van der Waals surface area (Å²) >= 11 is 6.52. The molecule has 0 bridgehead atoms. The summed E-state index contributed by atoms with van der Waals surface area (Å²) in [6.07, 6.45) is 0.579. The van der Waals surface area contributed by atoms with Crippen molar-refractivity contribution in [3.05, 3.63) is 40.0 Å². The van der Waals surface area contributed by atoms with Crippen LogP contribution in [-0.2, 0) is 29.6 Å². The lowest BCUT2D eigenvalue weighted by Gasteiger charge is -2.31. The van der Waals surface area contributed by atoms with Crippen molar-refractivity contribution in [2.75, 3.05) is 12.3 Å². The van der Waals surface area contributed by atoms with Gasteiger partial charge in [0.15, 0.2) is 0 Å². The molecule has 0 spiro atoms. The van der Waals surface area contributed by atoms with Crippen molar-refractivity contribution >= 4 is 40.7 Å². The molecule has 0 radical (unpaired) electrons. The Morgan fingerprint density at radius 3 is 2.72 bits per heavy atom. The Morgan fingerprint density at radius 2 is 2.09 bits per heavy atom. The normalized spacial score (nSPS) is 12.7. The van der Waals surface area contributed by atoms with Crippen LogP contribution in [0.4, 0.5) is 5.82 Å². The highest BCUT2D eigenvalue weighted by atomic mass is 35.5. The van der Waals surface area contributed by atoms with Gasteiger partial charge in [-0.1, -0.05) is 31.5 Å². The highest BCUT2D eigenvalue weighted by molar-refractivity contribution is 6.36. The fraction of sp³-hybridized carbons (Fsp3) is 0.318. The monoisotopic (exact) mass is 454 g/mol. The summed E-state index contributed by atoms with van der Waals surface area (Å²) in [5.41, 5.74) is 10.1. The third-order valence-electron chi connectivity index (χ3n) is 5.36. The summed E-state index contributed by atoms with van der Waals surface area (Å²) in [5.74, 6) is 0.138. The molecule has 3 N–H and O–H groups in total. The molecule has 0 saturated carbocycles. The molecule has 9 nitrogen and oxygen atoms in total. The summed E-state index contributed by atoms with van der Waals surface area (Å²) in [6.45, 7) is 4.46. The first-order valence-electron chi connectivity index (χ1n) is 9.94. The number of nitriles is 1. The maximum atomic E-state index is 12.6. The van der Waals surface area contributed by atoms with Crippen LogP contribution in [0.2, 0.25) is 5.02 Å². The number of nitrogens with two attached hydrogens (primary N) is 1. The summed E-state index contributed by atoms with van der Waals surface area (Å²) in [5, 5.41) is 22.7. The number of hydrogen-bond acceptors (Lipinski definition) is 6. The number of fused-ring (bicyclic) bond motifs is 2. The van der Waals surface area contributed by atoms with Gasteiger partial charge in [0, 0.05) is 49.0 Å². The van der Waals surface area contributed by atoms with Crippen LogP contribution < -0.4 is 5.73 Å². The standard InChI is InChI=1S/C21H21ClN6O.CH2O2/c1-11(2)21(29)28-8-7-15-13(10-28)17(12(9-23)20(24)25-15)19-18-14(22)5-4-6-16(18)27(3)26-19;2-1-3/h4-6,11H,7-8,10H2,1-3H3,(H2,24,25);1H,(H,2,3). The zero-order valence-corrected chi connectivity index (χ0v) is 18.7. The molecule has 4 rings (SSSR count). The minimum absolute atomic E-state index is 0.0702. The Bertz CT molecular complexity index is 1240. The molecular formula is C22H23ClN6O3. The Labute approximate surface area is 190 Å². The predicted octanol–water partition coefficient (Wildman–Crippen LogP) is 2.98. The number of rotatable bonds is 2. The predicted molar refractivity (Wildman–Crippen MR) is 121 cm³/mol. The first-order valence-corrected chi connectivity index (χ1v) is 10.3. The number of carbonyl (C=O) groups is 2. The number of amides is 1. The van der Waals surface area contributed by atoms with Crippen molar-refractivity contribution in [1.82, 2.24) is 19.7 Å². The van der Waals surface area contributed by atoms with E-state index in [1.54, 1.807) is 10.7 Å². The van der Waals surface area contributed by atoms with Crippen LogP contribution in [0.15, 0.2) is 18.2 Å². The molecule has 0 fully saturated rings. The maximum Gasteiger partial charge on any atom is 0.290 e. The zero-order valence-electron chi connectivity index (χ0n) is 18.0. The summed E-state index contributed by atoms with van der Waals surface area (Å²) in [4.78, 5) is 27.3. The molecule has 32 heavy (non-hydrogen) atoms. The number of benzene rings is 1. The molecule has 2 aromatic heterocycles. The molecule has 1 aromatic carbocycles. The van der Waals surface area contributed by atoms with Gasteiger partial charge in [-0.3, -0.25) is 14.3 Å². The Morgan fingerprint density at radius 1 is 1.41 bits per heavy atom. The van der Waals surface area contributed by atoms with E-state index in [0.29, 0.717) is 35.8 Å². The first-order chi connectivity index (χ1) is 15.2. The van der Waals surface area contributed by atoms with E-state index >= 15 is 0 Å². The van der Waals surface area contributed by atoms with E-state index in [9.17, 15) is 10.1 Å². The smallest absolute Gasteiger partial charge is 0.290 e. The van der Waals surface area contributed by atoms with E-state index in [2.05, 4.69) is 16.2 Å². The minimum Gasteiger partial charge on any atom is -0.483 e. The molecule has 10 heteroatoms. The average Bonchev–Trinajstić information content (AvgIpc) is 3.10. The minimum atomic E-state index is -0.250. The van der Waals surface area contributed by atoms with Crippen LogP contribution >= 0.6 is 11.6 Å². The SMILES string of the molecule is CC(C)C(=O)N1CCc2nc(N)c(C#N)c(-c3nn(C)c4cccc(Cl)c34)c2C1.O=CO. The summed E-state index contributed by atoms with van der Waals surface area (Å²) < 4.78 is 1.74. The van der Waals surface area contributed by atoms with Gasteiger partial charge in [0.1, 0.15) is 23.1 Å². The number of carboxylic acid groups (broad SMARTS) is 1. The van der Waals surface area contributed by atoms with Crippen LogP contribution in [0.3, 0.4) is 0 Å². The fourth-order valence-corrected chi connectivity index (χ4v) is 4.21. The Hall–Kier alpha value is -3.64. The van der Waals surface area contributed by atoms with E-state index in [-0.39, 0.29) is 29.7 Å². The number of nitrogens with zero attached hydrogens (tertiary/aromatic N) is 5. The van der Waals surface area contributed by atoms with E-state index in [4.69, 9.17) is 27.2 Å². The van der Waals surface area contributed by atoms with Crippen LogP contribution in [0.25, 0.3) is 22.2 Å². The molecule has 1 aliphatic heterocycles. The summed E-state index contributed by atoms with van der Waals surface area (Å²) in [6, 6.07) is 7.78. The van der Waals surface area contributed by atoms with Crippen LogP contribution in [-0.4, -0.2) is 43.7 Å². The lowest BCUT2D eigenvalue weighted by Crippen LogP contribution is -2.39. The number of anilines is 1. The Kier molecular flexibility index (Phi) is 6.65. The van der Waals surface area contributed by atoms with Crippen LogP contribution in [0.1, 0.15) is 30.7 Å². The van der Waals surface area contributed by atoms with Crippen LogP contribution in [0.5, 0.6) is 0 Å². The van der Waals surface area contributed by atoms with Gasteiger partial charge in [-0.2, -0.15) is 10.4 Å². The largest absolute Gasteiger partial charge is 0.483 e. The summed E-state index contributed by atoms with van der Waals surface area (Å²) in [7, 11) is 1.83. The topological polar surface area (TPSA) is 138 Å². The van der Waals surface area contributed by atoms with Gasteiger partial charge < -0.3 is 15.7 Å². The maximum absolute atomic E-state index is 12.6. The highest BCUT2D eigenvalue weighted by Gasteiger charge is 2.30. The number of aryl methyl sites for hydroxylation is 1. The lowest BCUT2D eigenvalue weighted by atomic mass is 9.92. The van der Waals surface area contributed by atoms with Gasteiger partial charge in [-0.25, -0.2) is 4.98 Å². The number of carbonyl (C=O) groups excluding carboxylic acids is 1. The number of aromatic nitrogens is 3. The molecule has 0 aliphatic carbocycles. The number of pyridine rings is 1. The van der Waals surface area contributed by atoms with Gasteiger partial charge in [-0.15, -0.1) is 0 Å². The van der Waals surface area contributed by atoms with Gasteiger partial charge in [0.2, 0.25) is 5.91 Å². The molecule has 3 heterocycles. The van der Waals surface area contributed by atoms with Gasteiger partial charge >= 0.3 is 0 Å². The van der Waals surface area contributed by atoms with Gasteiger partial charge in [0.25, 0.3) is 6.47 Å². The Balaban J connectivity index is 0.000000913. The third-order valence-corrected chi connectivity index (χ3v) is 5.68. The first kappa shape index (κ1) is 23.0. The number of halogens is 1. The van der Waals surface area contributed by atoms with Gasteiger partial charge in [0.05, 0.1) is 16.2 Å². The van der Waals surface area contributed by atoms with Gasteiger partial charge in [-0.05, 0) is 12.1 Å². The van der Waals surface area contributed by atoms with E-state index in [1.165, 1.54) is 0 Å². The molecule has 0 unspecified atom stereocenters. The average molecular weight is 455 g/mol. The van der Waals surface area contributed by atoms with Crippen molar-refractivity contribution in [3.8, 4) is 17.3 Å². The second-order valence-electron chi connectivity index (χ2n) is 7.66. The molecule has 1 amide bonds. The van der Waals surface area contributed by atoms with Crippen molar-refractivity contribution in [2.45, 2.75) is 26.8 Å². The molecule has 1 aliphatic rings. The van der Waals surface area contributed by atoms with Crippen molar-refractivity contribution in [1.29, 1.82) is 5.26 Å². The van der Waals surface area contributed by atoms with Crippen LogP contribution in [0, 0.1) is 17.2 Å². The fourth-order valence-electron chi connectivity index (χ4n) is 3.95. The second kappa shape index (κ2) is 9.24. The molecule has 0 saturated heterocycles. The van der Waals surface area contributed by atoms with E-state index in [0.717, 1.165) is 22.2 Å². The van der Waals surface area contributed by atoms with E-state index in [1.807, 2.05) is 37.9 Å². The van der Waals surface area contributed by atoms with Crippen molar-refractivity contribution in [3.63, 3.8) is 0 Å². The molecule has 0 atom stereocenters. The number of hydrogen-bond donors (Lipinski definition) is 2. The quantitative estimate of drug-likeness (QED) is 0.567. The lowest BCUT2D eigenvalue weighted by molar-refractivity contribution is -0.135. The van der Waals surface area contributed by atoms with E-state index < -0.39 is 0 Å². The van der Waals surface area contributed by atoms with Crippen molar-refractivity contribution < 1.29 is 14.7 Å². The second-order valence-corrected chi connectivity index (χ2v) is 8.07. The highest BCUT2D eigenvalue weighted by Crippen LogP contribution is 2.40. The zero-order chi connectivity index (χ0) is 23.6.